The Bertz CT molecular complexity index is 990. The Morgan fingerprint density at radius 1 is 1.18 bits per heavy atom. The molecule has 33 heavy (non-hydrogen) atoms. The first-order valence-electron chi connectivity index (χ1n) is 11.1. The molecule has 1 N–H and O–H groups in total. The second-order valence-electron chi connectivity index (χ2n) is 7.90. The topological polar surface area (TPSA) is 83.5 Å². The van der Waals surface area contributed by atoms with Crippen LogP contribution in [-0.4, -0.2) is 68.0 Å². The maximum absolute atomic E-state index is 13.4. The van der Waals surface area contributed by atoms with E-state index in [0.29, 0.717) is 26.1 Å². The van der Waals surface area contributed by atoms with Gasteiger partial charge in [0.1, 0.15) is 12.3 Å². The molecule has 0 aliphatic carbocycles. The molecule has 0 radical (unpaired) electrons. The maximum atomic E-state index is 13.4. The van der Waals surface area contributed by atoms with Crippen LogP contribution in [0.15, 0.2) is 53.6 Å². The van der Waals surface area contributed by atoms with E-state index >= 15 is 0 Å². The predicted octanol–water partition coefficient (Wildman–Crippen LogP) is 3.36. The number of hydrogen-bond donors (Lipinski definition) is 1. The average Bonchev–Trinajstić information content (AvgIpc) is 3.28. The Morgan fingerprint density at radius 2 is 1.94 bits per heavy atom. The minimum Gasteiger partial charge on any atom is -0.497 e. The molecule has 1 aliphatic rings. The lowest BCUT2D eigenvalue weighted by atomic mass is 9.97. The number of rotatable bonds is 9. The molecule has 0 spiro atoms. The Hall–Kier alpha value is -3.39. The number of ether oxygens (including phenoxy) is 2. The molecule has 3 amide bonds. The number of methoxy groups -OCH3 is 2. The third-order valence-corrected chi connectivity index (χ3v) is 5.54. The summed E-state index contributed by atoms with van der Waals surface area (Å²) in [5.41, 5.74) is 3.85. The van der Waals surface area contributed by atoms with Crippen molar-refractivity contribution in [1.29, 1.82) is 0 Å². The zero-order chi connectivity index (χ0) is 23.8. The average molecular weight is 453 g/mol. The zero-order valence-corrected chi connectivity index (χ0v) is 19.7. The number of nitrogens with one attached hydrogen (secondary N) is 1. The summed E-state index contributed by atoms with van der Waals surface area (Å²) in [6, 6.07) is 15.2. The Kier molecular flexibility index (Phi) is 8.43. The number of amides is 3. The van der Waals surface area contributed by atoms with Gasteiger partial charge in [-0.1, -0.05) is 42.0 Å². The van der Waals surface area contributed by atoms with Gasteiger partial charge >= 0.3 is 6.03 Å². The summed E-state index contributed by atoms with van der Waals surface area (Å²) >= 11 is 0. The van der Waals surface area contributed by atoms with E-state index in [0.717, 1.165) is 28.2 Å². The van der Waals surface area contributed by atoms with Crippen molar-refractivity contribution in [3.8, 4) is 5.75 Å². The highest BCUT2D eigenvalue weighted by Gasteiger charge is 2.34. The fourth-order valence-corrected chi connectivity index (χ4v) is 3.72. The van der Waals surface area contributed by atoms with Crippen molar-refractivity contribution in [1.82, 2.24) is 15.2 Å². The molecule has 2 aromatic carbocycles. The SMILES string of the molecule is CCNC(=O)N(CCOC)CC(=O)N1N=C(c2cccc(OC)c2)C[C@@H]1c1ccc(C)cc1. The van der Waals surface area contributed by atoms with Crippen molar-refractivity contribution < 1.29 is 19.1 Å². The zero-order valence-electron chi connectivity index (χ0n) is 19.7. The van der Waals surface area contributed by atoms with Gasteiger partial charge in [-0.3, -0.25) is 4.79 Å². The van der Waals surface area contributed by atoms with Crippen molar-refractivity contribution in [2.24, 2.45) is 5.10 Å². The molecule has 0 fully saturated rings. The minimum atomic E-state index is -0.300. The third-order valence-electron chi connectivity index (χ3n) is 5.54. The smallest absolute Gasteiger partial charge is 0.317 e. The van der Waals surface area contributed by atoms with Crippen LogP contribution in [0.4, 0.5) is 4.79 Å². The lowest BCUT2D eigenvalue weighted by molar-refractivity contribution is -0.133. The molecule has 0 bridgehead atoms. The number of benzene rings is 2. The highest BCUT2D eigenvalue weighted by atomic mass is 16.5. The lowest BCUT2D eigenvalue weighted by Gasteiger charge is -2.27. The number of carbonyl (C=O) groups is 2. The highest BCUT2D eigenvalue weighted by Crippen LogP contribution is 2.33. The Balaban J connectivity index is 1.90. The van der Waals surface area contributed by atoms with Crippen molar-refractivity contribution in [2.45, 2.75) is 26.3 Å². The van der Waals surface area contributed by atoms with E-state index in [-0.39, 0.29) is 24.5 Å². The van der Waals surface area contributed by atoms with Gasteiger partial charge in [0.15, 0.2) is 0 Å². The third kappa shape index (κ3) is 6.10. The van der Waals surface area contributed by atoms with Gasteiger partial charge in [0.2, 0.25) is 0 Å². The molecular formula is C25H32N4O4. The van der Waals surface area contributed by atoms with Crippen LogP contribution in [0.2, 0.25) is 0 Å². The van der Waals surface area contributed by atoms with Crippen LogP contribution in [0.5, 0.6) is 5.75 Å². The summed E-state index contributed by atoms with van der Waals surface area (Å²) in [6.07, 6.45) is 0.571. The van der Waals surface area contributed by atoms with Crippen LogP contribution in [0.25, 0.3) is 0 Å². The van der Waals surface area contributed by atoms with Gasteiger partial charge in [-0.05, 0) is 31.5 Å². The predicted molar refractivity (Wildman–Crippen MR) is 127 cm³/mol. The standard InChI is InChI=1S/C25H32N4O4/c1-5-26-25(31)28(13-14-32-3)17-24(30)29-23(19-11-9-18(2)10-12-19)16-22(27-29)20-7-6-8-21(15-20)33-4/h6-12,15,23H,5,13-14,16-17H2,1-4H3,(H,26,31)/t23-/m1/s1. The number of urea groups is 1. The molecule has 3 rings (SSSR count). The quantitative estimate of drug-likeness (QED) is 0.632. The lowest BCUT2D eigenvalue weighted by Crippen LogP contribution is -2.47. The van der Waals surface area contributed by atoms with E-state index in [9.17, 15) is 9.59 Å². The van der Waals surface area contributed by atoms with Gasteiger partial charge in [-0.25, -0.2) is 9.80 Å². The first-order valence-corrected chi connectivity index (χ1v) is 11.1. The first-order chi connectivity index (χ1) is 16.0. The monoisotopic (exact) mass is 452 g/mol. The Morgan fingerprint density at radius 3 is 2.61 bits per heavy atom. The van der Waals surface area contributed by atoms with Crippen molar-refractivity contribution >= 4 is 17.6 Å². The molecule has 2 aromatic rings. The van der Waals surface area contributed by atoms with Gasteiger partial charge in [-0.15, -0.1) is 0 Å². The van der Waals surface area contributed by atoms with E-state index in [2.05, 4.69) is 5.32 Å². The molecule has 1 atom stereocenters. The molecule has 0 saturated heterocycles. The van der Waals surface area contributed by atoms with Gasteiger partial charge < -0.3 is 19.7 Å². The van der Waals surface area contributed by atoms with Crippen molar-refractivity contribution in [3.05, 3.63) is 65.2 Å². The van der Waals surface area contributed by atoms with E-state index < -0.39 is 0 Å². The fraction of sp³-hybridized carbons (Fsp3) is 0.400. The molecule has 0 saturated carbocycles. The molecule has 8 nitrogen and oxygen atoms in total. The Labute approximate surface area is 195 Å². The molecule has 176 valence electrons. The molecule has 0 unspecified atom stereocenters. The van der Waals surface area contributed by atoms with E-state index in [1.807, 2.05) is 62.4 Å². The van der Waals surface area contributed by atoms with Crippen molar-refractivity contribution in [2.75, 3.05) is 40.5 Å². The number of aryl methyl sites for hydroxylation is 1. The van der Waals surface area contributed by atoms with Gasteiger partial charge in [0.05, 0.1) is 25.5 Å². The summed E-state index contributed by atoms with van der Waals surface area (Å²) in [5, 5.41) is 8.98. The number of hydrogen-bond acceptors (Lipinski definition) is 5. The second kappa shape index (κ2) is 11.5. The second-order valence-corrected chi connectivity index (χ2v) is 7.90. The fourth-order valence-electron chi connectivity index (χ4n) is 3.72. The number of nitrogens with zero attached hydrogens (tertiary/aromatic N) is 3. The van der Waals surface area contributed by atoms with Crippen LogP contribution >= 0.6 is 0 Å². The largest absolute Gasteiger partial charge is 0.497 e. The number of carbonyl (C=O) groups excluding carboxylic acids is 2. The van der Waals surface area contributed by atoms with Crippen LogP contribution in [0.1, 0.15) is 36.1 Å². The van der Waals surface area contributed by atoms with E-state index in [1.165, 1.54) is 9.91 Å². The molecular weight excluding hydrogens is 420 g/mol. The summed E-state index contributed by atoms with van der Waals surface area (Å²) in [4.78, 5) is 27.4. The normalized spacial score (nSPS) is 15.2. The van der Waals surface area contributed by atoms with Crippen molar-refractivity contribution in [3.63, 3.8) is 0 Å². The van der Waals surface area contributed by atoms with Crippen LogP contribution in [-0.2, 0) is 9.53 Å². The molecule has 1 aliphatic heterocycles. The summed E-state index contributed by atoms with van der Waals surface area (Å²) in [5.74, 6) is 0.481. The molecule has 8 heteroatoms. The minimum absolute atomic E-state index is 0.0908. The van der Waals surface area contributed by atoms with Gasteiger partial charge in [0, 0.05) is 32.2 Å². The van der Waals surface area contributed by atoms with E-state index in [4.69, 9.17) is 14.6 Å². The summed E-state index contributed by atoms with van der Waals surface area (Å²) < 4.78 is 10.5. The van der Waals surface area contributed by atoms with Crippen LogP contribution in [0, 0.1) is 6.92 Å². The van der Waals surface area contributed by atoms with Gasteiger partial charge in [-0.2, -0.15) is 5.10 Å². The van der Waals surface area contributed by atoms with Gasteiger partial charge in [0.25, 0.3) is 5.91 Å². The summed E-state index contributed by atoms with van der Waals surface area (Å²) in [6.45, 7) is 4.90. The first kappa shape index (κ1) is 24.3. The van der Waals surface area contributed by atoms with Crippen LogP contribution < -0.4 is 10.1 Å². The van der Waals surface area contributed by atoms with Crippen LogP contribution in [0.3, 0.4) is 0 Å². The number of hydrazone groups is 1. The summed E-state index contributed by atoms with van der Waals surface area (Å²) in [7, 11) is 3.19. The molecule has 1 heterocycles. The molecule has 0 aromatic heterocycles. The highest BCUT2D eigenvalue weighted by molar-refractivity contribution is 6.03. The maximum Gasteiger partial charge on any atom is 0.317 e. The van der Waals surface area contributed by atoms with E-state index in [1.54, 1.807) is 14.2 Å².